The zero-order valence-electron chi connectivity index (χ0n) is 11.0. The summed E-state index contributed by atoms with van der Waals surface area (Å²) in [6, 6.07) is 3.89. The summed E-state index contributed by atoms with van der Waals surface area (Å²) < 4.78 is 28.0. The second-order valence-electron chi connectivity index (χ2n) is 4.86. The van der Waals surface area contributed by atoms with Crippen LogP contribution in [0.25, 0.3) is 0 Å². The summed E-state index contributed by atoms with van der Waals surface area (Å²) in [5, 5.41) is 1.96. The maximum Gasteiger partial charge on any atom is 0.282 e. The van der Waals surface area contributed by atoms with E-state index in [9.17, 15) is 8.42 Å². The van der Waals surface area contributed by atoms with Gasteiger partial charge in [-0.25, -0.2) is 0 Å². The van der Waals surface area contributed by atoms with Crippen molar-refractivity contribution in [3.8, 4) is 0 Å². The number of piperidine rings is 1. The van der Waals surface area contributed by atoms with Gasteiger partial charge in [-0.1, -0.05) is 6.07 Å². The molecule has 1 aromatic rings. The highest BCUT2D eigenvalue weighted by Crippen LogP contribution is 2.22. The molecule has 1 aliphatic heterocycles. The predicted molar refractivity (Wildman–Crippen MR) is 79.7 cm³/mol. The molecule has 1 saturated heterocycles. The van der Waals surface area contributed by atoms with Gasteiger partial charge in [0.15, 0.2) is 0 Å². The lowest BCUT2D eigenvalue weighted by Gasteiger charge is -2.33. The van der Waals surface area contributed by atoms with Gasteiger partial charge in [-0.2, -0.15) is 17.0 Å². The Morgan fingerprint density at radius 1 is 1.58 bits per heavy atom. The highest BCUT2D eigenvalue weighted by molar-refractivity contribution is 7.86. The topological polar surface area (TPSA) is 40.6 Å². The molecule has 1 atom stereocenters. The summed E-state index contributed by atoms with van der Waals surface area (Å²) in [5.41, 5.74) is 0. The van der Waals surface area contributed by atoms with Gasteiger partial charge in [-0.15, -0.1) is 22.9 Å². The van der Waals surface area contributed by atoms with Crippen molar-refractivity contribution in [1.82, 2.24) is 8.61 Å². The van der Waals surface area contributed by atoms with E-state index in [0.29, 0.717) is 25.5 Å². The van der Waals surface area contributed by atoms with Gasteiger partial charge in [0.1, 0.15) is 0 Å². The molecule has 2 heterocycles. The van der Waals surface area contributed by atoms with E-state index in [4.69, 9.17) is 11.6 Å². The van der Waals surface area contributed by atoms with E-state index < -0.39 is 10.2 Å². The Kier molecular flexibility index (Phi) is 5.25. The second kappa shape index (κ2) is 6.54. The van der Waals surface area contributed by atoms with Gasteiger partial charge in [0, 0.05) is 37.4 Å². The molecule has 0 radical (unpaired) electrons. The predicted octanol–water partition coefficient (Wildman–Crippen LogP) is 2.38. The van der Waals surface area contributed by atoms with E-state index >= 15 is 0 Å². The van der Waals surface area contributed by atoms with Gasteiger partial charge in [-0.05, 0) is 30.2 Å². The lowest BCUT2D eigenvalue weighted by atomic mass is 10.0. The molecule has 1 aromatic heterocycles. The third kappa shape index (κ3) is 3.70. The van der Waals surface area contributed by atoms with Gasteiger partial charge >= 0.3 is 0 Å². The van der Waals surface area contributed by atoms with Gasteiger partial charge in [0.2, 0.25) is 0 Å². The van der Waals surface area contributed by atoms with Crippen LogP contribution in [0.4, 0.5) is 0 Å². The van der Waals surface area contributed by atoms with Gasteiger partial charge in [0.05, 0.1) is 0 Å². The fourth-order valence-corrected chi connectivity index (χ4v) is 4.81. The Hall–Kier alpha value is -0.140. The van der Waals surface area contributed by atoms with Crippen molar-refractivity contribution in [1.29, 1.82) is 0 Å². The maximum absolute atomic E-state index is 12.5. The monoisotopic (exact) mass is 322 g/mol. The number of alkyl halides is 1. The van der Waals surface area contributed by atoms with Crippen molar-refractivity contribution >= 4 is 33.1 Å². The maximum atomic E-state index is 12.5. The van der Waals surface area contributed by atoms with Crippen LogP contribution >= 0.6 is 22.9 Å². The fourth-order valence-electron chi connectivity index (χ4n) is 2.26. The fraction of sp³-hybridized carbons (Fsp3) is 0.667. The minimum absolute atomic E-state index is 0.278. The zero-order valence-corrected chi connectivity index (χ0v) is 13.3. The van der Waals surface area contributed by atoms with Gasteiger partial charge < -0.3 is 0 Å². The lowest BCUT2D eigenvalue weighted by molar-refractivity contribution is 0.265. The molecule has 19 heavy (non-hydrogen) atoms. The molecule has 0 N–H and O–H groups in total. The Balaban J connectivity index is 2.04. The number of hydrogen-bond acceptors (Lipinski definition) is 3. The number of nitrogens with zero attached hydrogens (tertiary/aromatic N) is 2. The summed E-state index contributed by atoms with van der Waals surface area (Å²) in [7, 11) is -1.73. The SMILES string of the molecule is CN(Cc1cccs1)S(=O)(=O)N1CCCC(CCl)C1. The molecule has 0 aliphatic carbocycles. The number of thiophene rings is 1. The molecule has 1 aliphatic rings. The van der Waals surface area contributed by atoms with Crippen molar-refractivity contribution in [2.24, 2.45) is 5.92 Å². The highest BCUT2D eigenvalue weighted by Gasteiger charge is 2.31. The summed E-state index contributed by atoms with van der Waals surface area (Å²) >= 11 is 7.43. The van der Waals surface area contributed by atoms with Crippen LogP contribution in [-0.2, 0) is 16.8 Å². The minimum atomic E-state index is -3.37. The lowest BCUT2D eigenvalue weighted by Crippen LogP contribution is -2.46. The minimum Gasteiger partial charge on any atom is -0.195 e. The molecule has 4 nitrogen and oxygen atoms in total. The van der Waals surface area contributed by atoms with Crippen LogP contribution in [-0.4, -0.2) is 43.0 Å². The Bertz CT molecular complexity index is 490. The molecular weight excluding hydrogens is 304 g/mol. The van der Waals surface area contributed by atoms with E-state index in [2.05, 4.69) is 0 Å². The molecule has 0 aromatic carbocycles. The van der Waals surface area contributed by atoms with Crippen molar-refractivity contribution in [2.45, 2.75) is 19.4 Å². The molecule has 7 heteroatoms. The van der Waals surface area contributed by atoms with E-state index in [1.807, 2.05) is 17.5 Å². The second-order valence-corrected chi connectivity index (χ2v) is 8.24. The number of hydrogen-bond donors (Lipinski definition) is 0. The normalized spacial score (nSPS) is 21.9. The largest absolute Gasteiger partial charge is 0.282 e. The molecule has 1 fully saturated rings. The smallest absolute Gasteiger partial charge is 0.195 e. The van der Waals surface area contributed by atoms with E-state index in [1.165, 1.54) is 4.31 Å². The van der Waals surface area contributed by atoms with Crippen LogP contribution in [0.3, 0.4) is 0 Å². The van der Waals surface area contributed by atoms with Gasteiger partial charge in [0.25, 0.3) is 10.2 Å². The Morgan fingerprint density at radius 2 is 2.37 bits per heavy atom. The first kappa shape index (κ1) is 15.3. The van der Waals surface area contributed by atoms with E-state index in [0.717, 1.165) is 17.7 Å². The van der Waals surface area contributed by atoms with Crippen LogP contribution in [0.15, 0.2) is 17.5 Å². The van der Waals surface area contributed by atoms with Crippen LogP contribution in [0.5, 0.6) is 0 Å². The van der Waals surface area contributed by atoms with Crippen LogP contribution in [0.2, 0.25) is 0 Å². The van der Waals surface area contributed by atoms with Crippen LogP contribution in [0.1, 0.15) is 17.7 Å². The molecule has 0 bridgehead atoms. The molecule has 1 unspecified atom stereocenters. The summed E-state index contributed by atoms with van der Waals surface area (Å²) in [5.74, 6) is 0.807. The first-order valence-corrected chi connectivity index (χ1v) is 9.15. The van der Waals surface area contributed by atoms with Crippen molar-refractivity contribution in [3.63, 3.8) is 0 Å². The Morgan fingerprint density at radius 3 is 3.00 bits per heavy atom. The third-order valence-electron chi connectivity index (χ3n) is 3.38. The van der Waals surface area contributed by atoms with Crippen LogP contribution < -0.4 is 0 Å². The first-order chi connectivity index (χ1) is 9.04. The number of rotatable bonds is 5. The molecular formula is C12H19ClN2O2S2. The molecule has 2 rings (SSSR count). The zero-order chi connectivity index (χ0) is 13.9. The van der Waals surface area contributed by atoms with Gasteiger partial charge in [-0.3, -0.25) is 0 Å². The van der Waals surface area contributed by atoms with Crippen LogP contribution in [0, 0.1) is 5.92 Å². The van der Waals surface area contributed by atoms with E-state index in [-0.39, 0.29) is 5.92 Å². The standard InChI is InChI=1S/C12H19ClN2O2S2/c1-14(10-12-5-3-7-18-12)19(16,17)15-6-2-4-11(8-13)9-15/h3,5,7,11H,2,4,6,8-10H2,1H3. The van der Waals surface area contributed by atoms with Crippen molar-refractivity contribution in [3.05, 3.63) is 22.4 Å². The quantitative estimate of drug-likeness (QED) is 0.781. The highest BCUT2D eigenvalue weighted by atomic mass is 35.5. The molecule has 0 saturated carbocycles. The summed E-state index contributed by atoms with van der Waals surface area (Å²) in [6.45, 7) is 1.58. The molecule has 108 valence electrons. The number of halogens is 1. The molecule has 0 amide bonds. The summed E-state index contributed by atoms with van der Waals surface area (Å²) in [4.78, 5) is 1.05. The van der Waals surface area contributed by atoms with Crippen molar-refractivity contribution < 1.29 is 8.42 Å². The molecule has 0 spiro atoms. The van der Waals surface area contributed by atoms with Crippen molar-refractivity contribution in [2.75, 3.05) is 26.0 Å². The average Bonchev–Trinajstić information content (AvgIpc) is 2.91. The van der Waals surface area contributed by atoms with E-state index in [1.54, 1.807) is 22.7 Å². The Labute approximate surface area is 124 Å². The summed E-state index contributed by atoms with van der Waals surface area (Å²) in [6.07, 6.45) is 1.91. The average molecular weight is 323 g/mol. The first-order valence-electron chi connectivity index (χ1n) is 6.34. The third-order valence-corrected chi connectivity index (χ3v) is 6.58.